The fourth-order valence-electron chi connectivity index (χ4n) is 3.24. The molecule has 0 radical (unpaired) electrons. The molecule has 0 aliphatic carbocycles. The van der Waals surface area contributed by atoms with Crippen molar-refractivity contribution in [3.05, 3.63) is 60.2 Å². The standard InChI is InChI=1S/C20H26N4O2S2/c1-22-20(23-13-16-6-5-9-19(12-16)28(21,25)26)24-11-10-17(14-24)15-27-18-7-3-2-4-8-18/h2-9,12,17H,10-11,13-15H2,1H3,(H,22,23)(H2,21,25,26). The van der Waals surface area contributed by atoms with Gasteiger partial charge in [-0.25, -0.2) is 13.6 Å². The van der Waals surface area contributed by atoms with E-state index in [1.165, 1.54) is 11.0 Å². The summed E-state index contributed by atoms with van der Waals surface area (Å²) < 4.78 is 23.0. The SMILES string of the molecule is CN=C(NCc1cccc(S(N)(=O)=O)c1)N1CCC(CSc2ccccc2)C1. The molecule has 3 rings (SSSR count). The van der Waals surface area contributed by atoms with Crippen LogP contribution in [0.15, 0.2) is 69.4 Å². The number of likely N-dealkylation sites (tertiary alicyclic amines) is 1. The van der Waals surface area contributed by atoms with E-state index in [4.69, 9.17) is 5.14 Å². The maximum absolute atomic E-state index is 11.5. The Labute approximate surface area is 171 Å². The third kappa shape index (κ3) is 5.73. The lowest BCUT2D eigenvalue weighted by Crippen LogP contribution is -2.39. The van der Waals surface area contributed by atoms with Crippen LogP contribution in [0.5, 0.6) is 0 Å². The normalized spacial score (nSPS) is 17.7. The van der Waals surface area contributed by atoms with Crippen LogP contribution in [0.4, 0.5) is 0 Å². The zero-order valence-corrected chi connectivity index (χ0v) is 17.5. The Balaban J connectivity index is 1.52. The van der Waals surface area contributed by atoms with Gasteiger partial charge < -0.3 is 10.2 Å². The molecule has 0 bridgehead atoms. The Bertz CT molecular complexity index is 917. The van der Waals surface area contributed by atoms with Crippen molar-refractivity contribution in [1.29, 1.82) is 0 Å². The van der Waals surface area contributed by atoms with Crippen LogP contribution in [0.25, 0.3) is 0 Å². The molecule has 1 atom stereocenters. The maximum atomic E-state index is 11.5. The lowest BCUT2D eigenvalue weighted by molar-refractivity contribution is 0.474. The lowest BCUT2D eigenvalue weighted by atomic mass is 10.2. The first-order valence-electron chi connectivity index (χ1n) is 9.21. The summed E-state index contributed by atoms with van der Waals surface area (Å²) in [5.41, 5.74) is 0.850. The number of hydrogen-bond donors (Lipinski definition) is 2. The van der Waals surface area contributed by atoms with Crippen LogP contribution in [0.3, 0.4) is 0 Å². The molecule has 8 heteroatoms. The van der Waals surface area contributed by atoms with Gasteiger partial charge in [-0.1, -0.05) is 30.3 Å². The van der Waals surface area contributed by atoms with Gasteiger partial charge in [-0.15, -0.1) is 11.8 Å². The number of benzene rings is 2. The first-order valence-corrected chi connectivity index (χ1v) is 11.7. The molecule has 1 aliphatic heterocycles. The van der Waals surface area contributed by atoms with E-state index in [0.717, 1.165) is 36.8 Å². The largest absolute Gasteiger partial charge is 0.352 e. The van der Waals surface area contributed by atoms with Gasteiger partial charge in [-0.05, 0) is 42.2 Å². The molecule has 2 aromatic carbocycles. The van der Waals surface area contributed by atoms with E-state index in [1.54, 1.807) is 19.2 Å². The van der Waals surface area contributed by atoms with Crippen molar-refractivity contribution in [3.8, 4) is 0 Å². The van der Waals surface area contributed by atoms with Crippen LogP contribution in [0, 0.1) is 5.92 Å². The van der Waals surface area contributed by atoms with Gasteiger partial charge in [0.1, 0.15) is 0 Å². The molecule has 0 spiro atoms. The maximum Gasteiger partial charge on any atom is 0.238 e. The Morgan fingerprint density at radius 3 is 2.75 bits per heavy atom. The molecule has 1 unspecified atom stereocenters. The molecule has 0 amide bonds. The highest BCUT2D eigenvalue weighted by atomic mass is 32.2. The van der Waals surface area contributed by atoms with Gasteiger partial charge in [0.05, 0.1) is 4.90 Å². The van der Waals surface area contributed by atoms with Gasteiger partial charge in [0, 0.05) is 37.3 Å². The van der Waals surface area contributed by atoms with Crippen LogP contribution in [0.1, 0.15) is 12.0 Å². The summed E-state index contributed by atoms with van der Waals surface area (Å²) in [6.45, 7) is 2.43. The van der Waals surface area contributed by atoms with Crippen LogP contribution in [0.2, 0.25) is 0 Å². The third-order valence-electron chi connectivity index (χ3n) is 4.70. The monoisotopic (exact) mass is 418 g/mol. The molecule has 1 fully saturated rings. The molecule has 6 nitrogen and oxygen atoms in total. The highest BCUT2D eigenvalue weighted by Crippen LogP contribution is 2.25. The highest BCUT2D eigenvalue weighted by Gasteiger charge is 2.24. The van der Waals surface area contributed by atoms with Crippen molar-refractivity contribution in [2.45, 2.75) is 22.8 Å². The van der Waals surface area contributed by atoms with E-state index < -0.39 is 10.0 Å². The number of rotatable bonds is 6. The smallest absolute Gasteiger partial charge is 0.238 e. The summed E-state index contributed by atoms with van der Waals surface area (Å²) in [7, 11) is -1.92. The van der Waals surface area contributed by atoms with E-state index in [9.17, 15) is 8.42 Å². The van der Waals surface area contributed by atoms with Gasteiger partial charge in [-0.2, -0.15) is 0 Å². The number of hydrogen-bond acceptors (Lipinski definition) is 4. The van der Waals surface area contributed by atoms with E-state index >= 15 is 0 Å². The van der Waals surface area contributed by atoms with Crippen molar-refractivity contribution in [3.63, 3.8) is 0 Å². The minimum absolute atomic E-state index is 0.126. The zero-order valence-electron chi connectivity index (χ0n) is 15.9. The summed E-state index contributed by atoms with van der Waals surface area (Å²) in [4.78, 5) is 8.08. The van der Waals surface area contributed by atoms with Crippen molar-refractivity contribution in [2.24, 2.45) is 16.0 Å². The van der Waals surface area contributed by atoms with E-state index in [2.05, 4.69) is 39.5 Å². The molecule has 2 aromatic rings. The third-order valence-corrected chi connectivity index (χ3v) is 6.86. The van der Waals surface area contributed by atoms with Crippen molar-refractivity contribution in [1.82, 2.24) is 10.2 Å². The molecule has 150 valence electrons. The predicted octanol–water partition coefficient (Wildman–Crippen LogP) is 2.52. The van der Waals surface area contributed by atoms with Gasteiger partial charge in [0.15, 0.2) is 5.96 Å². The minimum atomic E-state index is -3.69. The highest BCUT2D eigenvalue weighted by molar-refractivity contribution is 7.99. The summed E-state index contributed by atoms with van der Waals surface area (Å²) >= 11 is 1.90. The fraction of sp³-hybridized carbons (Fsp3) is 0.350. The molecular weight excluding hydrogens is 392 g/mol. The quantitative estimate of drug-likeness (QED) is 0.428. The van der Waals surface area contributed by atoms with Crippen LogP contribution in [-0.2, 0) is 16.6 Å². The van der Waals surface area contributed by atoms with Crippen molar-refractivity contribution < 1.29 is 8.42 Å². The second kappa shape index (κ2) is 9.45. The molecule has 1 heterocycles. The topological polar surface area (TPSA) is 87.8 Å². The molecule has 1 saturated heterocycles. The van der Waals surface area contributed by atoms with Crippen LogP contribution >= 0.6 is 11.8 Å². The number of guanidine groups is 1. The Kier molecular flexibility index (Phi) is 6.98. The number of thioether (sulfide) groups is 1. The van der Waals surface area contributed by atoms with Crippen molar-refractivity contribution >= 4 is 27.7 Å². The first kappa shape index (κ1) is 20.7. The number of nitrogens with two attached hydrogens (primary N) is 1. The average molecular weight is 419 g/mol. The van der Waals surface area contributed by atoms with E-state index in [1.807, 2.05) is 23.9 Å². The lowest BCUT2D eigenvalue weighted by Gasteiger charge is -2.22. The Hall–Kier alpha value is -2.03. The minimum Gasteiger partial charge on any atom is -0.352 e. The molecule has 0 saturated carbocycles. The van der Waals surface area contributed by atoms with Crippen molar-refractivity contribution in [2.75, 3.05) is 25.9 Å². The molecule has 0 aromatic heterocycles. The second-order valence-corrected chi connectivity index (χ2v) is 9.47. The van der Waals surface area contributed by atoms with Crippen LogP contribution < -0.4 is 10.5 Å². The predicted molar refractivity (Wildman–Crippen MR) is 115 cm³/mol. The van der Waals surface area contributed by atoms with Gasteiger partial charge >= 0.3 is 0 Å². The Morgan fingerprint density at radius 1 is 1.25 bits per heavy atom. The van der Waals surface area contributed by atoms with Crippen LogP contribution in [-0.4, -0.2) is 45.2 Å². The number of nitrogens with one attached hydrogen (secondary N) is 1. The Morgan fingerprint density at radius 2 is 2.04 bits per heavy atom. The first-order chi connectivity index (χ1) is 13.5. The van der Waals surface area contributed by atoms with Gasteiger partial charge in [-0.3, -0.25) is 4.99 Å². The number of primary sulfonamides is 1. The molecular formula is C20H26N4O2S2. The van der Waals surface area contributed by atoms with E-state index in [0.29, 0.717) is 12.5 Å². The number of aliphatic imine (C=N–C) groups is 1. The zero-order chi connectivity index (χ0) is 20.0. The summed E-state index contributed by atoms with van der Waals surface area (Å²) in [6, 6.07) is 17.1. The second-order valence-electron chi connectivity index (χ2n) is 6.82. The van der Waals surface area contributed by atoms with Gasteiger partial charge in [0.25, 0.3) is 0 Å². The van der Waals surface area contributed by atoms with Gasteiger partial charge in [0.2, 0.25) is 10.0 Å². The van der Waals surface area contributed by atoms with E-state index in [-0.39, 0.29) is 4.90 Å². The number of nitrogens with zero attached hydrogens (tertiary/aromatic N) is 2. The molecule has 3 N–H and O–H groups in total. The summed E-state index contributed by atoms with van der Waals surface area (Å²) in [5, 5.41) is 8.55. The summed E-state index contributed by atoms with van der Waals surface area (Å²) in [5.74, 6) is 2.55. The number of sulfonamides is 1. The fourth-order valence-corrected chi connectivity index (χ4v) is 4.87. The average Bonchev–Trinajstić information content (AvgIpc) is 3.16. The molecule has 28 heavy (non-hydrogen) atoms. The molecule has 1 aliphatic rings. The summed E-state index contributed by atoms with van der Waals surface area (Å²) in [6.07, 6.45) is 1.14.